The van der Waals surface area contributed by atoms with E-state index in [1.165, 1.54) is 0 Å². The van der Waals surface area contributed by atoms with E-state index in [1.807, 2.05) is 37.4 Å². The van der Waals surface area contributed by atoms with Crippen LogP contribution in [0.1, 0.15) is 24.4 Å². The zero-order valence-electron chi connectivity index (χ0n) is 16.0. The molecule has 0 radical (unpaired) electrons. The van der Waals surface area contributed by atoms with Crippen molar-refractivity contribution < 1.29 is 13.2 Å². The van der Waals surface area contributed by atoms with E-state index in [9.17, 15) is 13.2 Å². The minimum atomic E-state index is -3.58. The Morgan fingerprint density at radius 2 is 1.64 bits per heavy atom. The molecule has 148 valence electrons. The van der Waals surface area contributed by atoms with Gasteiger partial charge >= 0.3 is 0 Å². The van der Waals surface area contributed by atoms with Gasteiger partial charge in [0, 0.05) is 44.3 Å². The van der Waals surface area contributed by atoms with Gasteiger partial charge in [0.05, 0.1) is 4.90 Å². The topological polar surface area (TPSA) is 60.9 Å². The van der Waals surface area contributed by atoms with Crippen molar-refractivity contribution in [3.8, 4) is 0 Å². The summed E-state index contributed by atoms with van der Waals surface area (Å²) >= 11 is 0. The molecule has 2 heterocycles. The molecular weight excluding hydrogens is 374 g/mol. The van der Waals surface area contributed by atoms with Crippen LogP contribution in [0, 0.1) is 0 Å². The number of anilines is 1. The van der Waals surface area contributed by atoms with Crippen molar-refractivity contribution in [1.82, 2.24) is 9.21 Å². The summed E-state index contributed by atoms with van der Waals surface area (Å²) in [5.74, 6) is 0.0976. The number of likely N-dealkylation sites (N-methyl/N-ethyl adjacent to an activating group) is 1. The van der Waals surface area contributed by atoms with Gasteiger partial charge in [-0.1, -0.05) is 30.3 Å². The highest BCUT2D eigenvalue weighted by Gasteiger charge is 2.33. The van der Waals surface area contributed by atoms with Gasteiger partial charge < -0.3 is 4.90 Å². The Hall–Kier alpha value is -2.22. The molecule has 1 unspecified atom stereocenters. The van der Waals surface area contributed by atoms with Crippen LogP contribution in [0.4, 0.5) is 5.69 Å². The first-order valence-corrected chi connectivity index (χ1v) is 11.1. The monoisotopic (exact) mass is 399 g/mol. The van der Waals surface area contributed by atoms with Crippen molar-refractivity contribution in [2.24, 2.45) is 0 Å². The van der Waals surface area contributed by atoms with Crippen LogP contribution in [-0.2, 0) is 14.8 Å². The standard InChI is InChI=1S/C21H25N3O3S/c1-22-14-15-23(16-20(22)17-6-3-2-4-7-17)28(26,27)19-11-9-18(10-12-19)24-13-5-8-21(24)25/h2-4,6-7,9-12,20H,5,8,13-16H2,1H3. The molecule has 2 fully saturated rings. The maximum atomic E-state index is 13.2. The van der Waals surface area contributed by atoms with E-state index in [0.29, 0.717) is 32.6 Å². The number of hydrogen-bond donors (Lipinski definition) is 0. The lowest BCUT2D eigenvalue weighted by Crippen LogP contribution is -2.48. The number of sulfonamides is 1. The fraction of sp³-hybridized carbons (Fsp3) is 0.381. The minimum absolute atomic E-state index is 0.0335. The van der Waals surface area contributed by atoms with Crippen molar-refractivity contribution in [1.29, 1.82) is 0 Å². The smallest absolute Gasteiger partial charge is 0.243 e. The van der Waals surface area contributed by atoms with Crippen LogP contribution in [0.2, 0.25) is 0 Å². The van der Waals surface area contributed by atoms with Crippen LogP contribution >= 0.6 is 0 Å². The maximum Gasteiger partial charge on any atom is 0.243 e. The third kappa shape index (κ3) is 3.57. The second-order valence-corrected chi connectivity index (χ2v) is 9.35. The average Bonchev–Trinajstić information content (AvgIpc) is 3.15. The number of benzene rings is 2. The molecule has 7 heteroatoms. The molecule has 4 rings (SSSR count). The van der Waals surface area contributed by atoms with E-state index >= 15 is 0 Å². The molecule has 0 saturated carbocycles. The van der Waals surface area contributed by atoms with E-state index < -0.39 is 10.0 Å². The second-order valence-electron chi connectivity index (χ2n) is 7.41. The Bertz CT molecular complexity index is 945. The van der Waals surface area contributed by atoms with Crippen molar-refractivity contribution >= 4 is 21.6 Å². The zero-order valence-corrected chi connectivity index (χ0v) is 16.8. The number of hydrogen-bond acceptors (Lipinski definition) is 4. The SMILES string of the molecule is CN1CCN(S(=O)(=O)c2ccc(N3CCCC3=O)cc2)CC1c1ccccc1. The van der Waals surface area contributed by atoms with Gasteiger partial charge in [0.1, 0.15) is 0 Å². The largest absolute Gasteiger partial charge is 0.312 e. The summed E-state index contributed by atoms with van der Waals surface area (Å²) < 4.78 is 28.0. The number of amides is 1. The van der Waals surface area contributed by atoms with Gasteiger partial charge in [-0.05, 0) is 43.3 Å². The third-order valence-electron chi connectivity index (χ3n) is 5.65. The van der Waals surface area contributed by atoms with Crippen LogP contribution in [0.3, 0.4) is 0 Å². The molecule has 6 nitrogen and oxygen atoms in total. The van der Waals surface area contributed by atoms with E-state index in [1.54, 1.807) is 33.5 Å². The number of nitrogens with zero attached hydrogens (tertiary/aromatic N) is 3. The summed E-state index contributed by atoms with van der Waals surface area (Å²) in [6.07, 6.45) is 1.41. The van der Waals surface area contributed by atoms with Crippen molar-refractivity contribution in [3.63, 3.8) is 0 Å². The van der Waals surface area contributed by atoms with Crippen molar-refractivity contribution in [3.05, 3.63) is 60.2 Å². The predicted octanol–water partition coefficient (Wildman–Crippen LogP) is 2.49. The van der Waals surface area contributed by atoms with Crippen LogP contribution in [0.5, 0.6) is 0 Å². The second kappa shape index (κ2) is 7.66. The first kappa shape index (κ1) is 19.1. The lowest BCUT2D eigenvalue weighted by Gasteiger charge is -2.39. The van der Waals surface area contributed by atoms with Crippen molar-refractivity contribution in [2.75, 3.05) is 38.1 Å². The minimum Gasteiger partial charge on any atom is -0.312 e. The predicted molar refractivity (Wildman–Crippen MR) is 109 cm³/mol. The molecule has 0 aromatic heterocycles. The molecule has 0 aliphatic carbocycles. The van der Waals surface area contributed by atoms with Crippen LogP contribution < -0.4 is 4.90 Å². The molecule has 2 aliphatic heterocycles. The Morgan fingerprint density at radius 3 is 2.29 bits per heavy atom. The van der Waals surface area contributed by atoms with E-state index in [0.717, 1.165) is 17.7 Å². The third-order valence-corrected chi connectivity index (χ3v) is 7.53. The fourth-order valence-corrected chi connectivity index (χ4v) is 5.41. The summed E-state index contributed by atoms with van der Waals surface area (Å²) in [5.41, 5.74) is 1.88. The molecule has 2 saturated heterocycles. The highest BCUT2D eigenvalue weighted by atomic mass is 32.2. The van der Waals surface area contributed by atoms with E-state index in [-0.39, 0.29) is 16.8 Å². The normalized spacial score (nSPS) is 22.0. The molecule has 1 atom stereocenters. The quantitative estimate of drug-likeness (QED) is 0.793. The Kier molecular flexibility index (Phi) is 5.23. The van der Waals surface area contributed by atoms with Gasteiger partial charge in [-0.15, -0.1) is 0 Å². The van der Waals surface area contributed by atoms with E-state index in [4.69, 9.17) is 0 Å². The van der Waals surface area contributed by atoms with E-state index in [2.05, 4.69) is 4.90 Å². The van der Waals surface area contributed by atoms with Gasteiger partial charge in [-0.25, -0.2) is 8.42 Å². The van der Waals surface area contributed by atoms with Gasteiger partial charge in [0.25, 0.3) is 0 Å². The lowest BCUT2D eigenvalue weighted by molar-refractivity contribution is -0.117. The van der Waals surface area contributed by atoms with Crippen molar-refractivity contribution in [2.45, 2.75) is 23.8 Å². The molecule has 0 spiro atoms. The molecule has 0 N–H and O–H groups in total. The Labute approximate surface area is 166 Å². The number of carbonyl (C=O) groups excluding carboxylic acids is 1. The van der Waals surface area contributed by atoms with Gasteiger partial charge in [0.15, 0.2) is 0 Å². The first-order valence-electron chi connectivity index (χ1n) is 9.62. The first-order chi connectivity index (χ1) is 13.5. The summed E-state index contributed by atoms with van der Waals surface area (Å²) in [6, 6.07) is 16.8. The maximum absolute atomic E-state index is 13.2. The molecule has 1 amide bonds. The number of piperazine rings is 1. The molecule has 2 aliphatic rings. The summed E-state index contributed by atoms with van der Waals surface area (Å²) in [7, 11) is -1.55. The summed E-state index contributed by atoms with van der Waals surface area (Å²) in [6.45, 7) is 2.27. The Morgan fingerprint density at radius 1 is 0.929 bits per heavy atom. The highest BCUT2D eigenvalue weighted by Crippen LogP contribution is 2.29. The summed E-state index contributed by atoms with van der Waals surface area (Å²) in [4.78, 5) is 16.1. The lowest BCUT2D eigenvalue weighted by atomic mass is 10.0. The van der Waals surface area contributed by atoms with Crippen LogP contribution in [-0.4, -0.2) is 56.8 Å². The fourth-order valence-electron chi connectivity index (χ4n) is 3.97. The Balaban J connectivity index is 1.55. The average molecular weight is 400 g/mol. The molecule has 2 aromatic rings. The van der Waals surface area contributed by atoms with Crippen LogP contribution in [0.25, 0.3) is 0 Å². The molecule has 2 aromatic carbocycles. The van der Waals surface area contributed by atoms with Gasteiger partial charge in [0.2, 0.25) is 15.9 Å². The van der Waals surface area contributed by atoms with Gasteiger partial charge in [-0.2, -0.15) is 4.31 Å². The van der Waals surface area contributed by atoms with Gasteiger partial charge in [-0.3, -0.25) is 9.69 Å². The zero-order chi connectivity index (χ0) is 19.7. The summed E-state index contributed by atoms with van der Waals surface area (Å²) in [5, 5.41) is 0. The molecule has 28 heavy (non-hydrogen) atoms. The molecule has 0 bridgehead atoms. The number of carbonyl (C=O) groups is 1. The highest BCUT2D eigenvalue weighted by molar-refractivity contribution is 7.89. The van der Waals surface area contributed by atoms with Crippen LogP contribution in [0.15, 0.2) is 59.5 Å². The molecular formula is C21H25N3O3S. The number of rotatable bonds is 4.